The lowest BCUT2D eigenvalue weighted by Gasteiger charge is -2.16. The Bertz CT molecular complexity index is 1660. The van der Waals surface area contributed by atoms with Crippen molar-refractivity contribution in [1.29, 1.82) is 21.6 Å². The van der Waals surface area contributed by atoms with Gasteiger partial charge in [-0.3, -0.25) is 31.2 Å². The van der Waals surface area contributed by atoms with Gasteiger partial charge in [0.1, 0.15) is 11.7 Å². The summed E-state index contributed by atoms with van der Waals surface area (Å²) >= 11 is 0. The summed E-state index contributed by atoms with van der Waals surface area (Å²) in [5, 5.41) is 52.8. The van der Waals surface area contributed by atoms with Gasteiger partial charge in [-0.25, -0.2) is 21.7 Å². The van der Waals surface area contributed by atoms with E-state index in [1.807, 2.05) is 0 Å². The number of carbonyl (C=O) groups excluding carboxylic acids is 2. The number of amidine groups is 2. The molecule has 0 aromatic heterocycles. The van der Waals surface area contributed by atoms with Crippen LogP contribution in [0.5, 0.6) is 0 Å². The molecule has 0 bridgehead atoms. The standard InChI is InChI=1S/C28H40N18O2.4ClH/c1-13(39-43-25(29)30)17-7-18(14(2)40-44-26(31)32)10-21(9-17)37-23(41-45-27(33)34)5-6-24(42-46-28(35)36)38-22-11-19(15(3)47)8-20(12-22)16(4)48;;;;/h7-12H,5-6H2,1-4H3,(H,37,41)(H,38,42)(H4,29,30,43)(H4,31,32,44)(H4,33,34,45)(H4,35,36,46);4*1H. The molecule has 2 rings (SSSR count). The van der Waals surface area contributed by atoms with Crippen LogP contribution in [0.2, 0.25) is 0 Å². The number of anilines is 2. The van der Waals surface area contributed by atoms with Crippen molar-refractivity contribution in [3.63, 3.8) is 0 Å². The average molecular weight is 807 g/mol. The topological polar surface area (TPSA) is 355 Å². The van der Waals surface area contributed by atoms with E-state index in [0.717, 1.165) is 0 Å². The van der Waals surface area contributed by atoms with Crippen molar-refractivity contribution in [2.75, 3.05) is 10.6 Å². The monoisotopic (exact) mass is 804 g/mol. The van der Waals surface area contributed by atoms with Gasteiger partial charge in [-0.15, -0.1) is 49.6 Å². The molecule has 24 heteroatoms. The van der Waals surface area contributed by atoms with E-state index in [9.17, 15) is 9.59 Å². The van der Waals surface area contributed by atoms with E-state index in [4.69, 9.17) is 44.6 Å². The number of benzene rings is 2. The summed E-state index contributed by atoms with van der Waals surface area (Å²) in [6.45, 7) is 6.15. The lowest BCUT2D eigenvalue weighted by Crippen LogP contribution is -2.30. The fourth-order valence-electron chi connectivity index (χ4n) is 3.76. The summed E-state index contributed by atoms with van der Waals surface area (Å²) in [7, 11) is 0. The summed E-state index contributed by atoms with van der Waals surface area (Å²) in [4.78, 5) is 24.2. The molecule has 0 aliphatic heterocycles. The third kappa shape index (κ3) is 18.3. The first kappa shape index (κ1) is 50.7. The van der Waals surface area contributed by atoms with Crippen molar-refractivity contribution in [2.45, 2.75) is 40.5 Å². The van der Waals surface area contributed by atoms with Crippen LogP contribution in [0.4, 0.5) is 11.4 Å². The maximum Gasteiger partial charge on any atom is 0.206 e. The second-order valence-electron chi connectivity index (χ2n) is 10.1. The number of ketones is 2. The van der Waals surface area contributed by atoms with E-state index in [1.165, 1.54) is 19.9 Å². The van der Waals surface area contributed by atoms with Gasteiger partial charge in [-0.2, -0.15) is 20.4 Å². The molecular formula is C28H44Cl4N18O2. The fraction of sp³-hybridized carbons (Fsp3) is 0.214. The van der Waals surface area contributed by atoms with Crippen molar-refractivity contribution in [3.8, 4) is 0 Å². The molecule has 2 aromatic rings. The van der Waals surface area contributed by atoms with Crippen LogP contribution in [0, 0.1) is 21.6 Å². The number of halogens is 4. The van der Waals surface area contributed by atoms with Crippen LogP contribution in [-0.2, 0) is 0 Å². The van der Waals surface area contributed by atoms with Gasteiger partial charge in [0.2, 0.25) is 23.8 Å². The Morgan fingerprint density at radius 2 is 0.769 bits per heavy atom. The molecule has 2 aromatic carbocycles. The minimum atomic E-state index is -0.432. The molecule has 286 valence electrons. The number of nitrogens with zero attached hydrogens (tertiary/aromatic N) is 4. The van der Waals surface area contributed by atoms with Gasteiger partial charge < -0.3 is 33.6 Å². The molecule has 0 atom stereocenters. The van der Waals surface area contributed by atoms with E-state index in [1.54, 1.807) is 44.2 Å². The lowest BCUT2D eigenvalue weighted by molar-refractivity contribution is 0.101. The van der Waals surface area contributed by atoms with E-state index in [0.29, 0.717) is 45.1 Å². The maximum atomic E-state index is 12.1. The minimum Gasteiger partial charge on any atom is -0.369 e. The van der Waals surface area contributed by atoms with Crippen LogP contribution in [0.3, 0.4) is 0 Å². The molecular weight excluding hydrogens is 762 g/mol. The number of hydrazone groups is 4. The predicted molar refractivity (Wildman–Crippen MR) is 218 cm³/mol. The quantitative estimate of drug-likeness (QED) is 0.0599. The number of hydrogen-bond acceptors (Lipinski definition) is 10. The Labute approximate surface area is 324 Å². The summed E-state index contributed by atoms with van der Waals surface area (Å²) in [5.74, 6) is -1.52. The Hall–Kier alpha value is -5.70. The SMILES string of the molecule is CC(=O)c1cc(NC(CCC(=NNC(=N)N)Nc2cc(C(C)=NNC(=N)N)cc(C(C)=NNC(=N)N)c2)=NNC(=N)N)cc(C(C)=O)c1.Cl.Cl.Cl.Cl. The number of hydrogen-bond donors (Lipinski definition) is 14. The van der Waals surface area contributed by atoms with Gasteiger partial charge in [0.25, 0.3) is 0 Å². The van der Waals surface area contributed by atoms with E-state index >= 15 is 0 Å². The summed E-state index contributed by atoms with van der Waals surface area (Å²) < 4.78 is 0. The molecule has 0 fully saturated rings. The highest BCUT2D eigenvalue weighted by Gasteiger charge is 2.13. The van der Waals surface area contributed by atoms with Crippen LogP contribution in [0.1, 0.15) is 72.4 Å². The van der Waals surface area contributed by atoms with Crippen molar-refractivity contribution in [2.24, 2.45) is 43.3 Å². The number of nitrogens with two attached hydrogens (primary N) is 4. The smallest absolute Gasteiger partial charge is 0.206 e. The first-order valence-corrected chi connectivity index (χ1v) is 14.0. The average Bonchev–Trinajstić information content (AvgIpc) is 3.01. The molecule has 0 unspecified atom stereocenters. The molecule has 0 aliphatic carbocycles. The molecule has 0 saturated heterocycles. The zero-order valence-corrected chi connectivity index (χ0v) is 31.7. The molecule has 18 N–H and O–H groups in total. The van der Waals surface area contributed by atoms with Crippen LogP contribution in [-0.4, -0.2) is 58.5 Å². The van der Waals surface area contributed by atoms with E-state index < -0.39 is 11.9 Å². The maximum absolute atomic E-state index is 12.1. The molecule has 0 amide bonds. The zero-order valence-electron chi connectivity index (χ0n) is 28.4. The molecule has 0 radical (unpaired) electrons. The van der Waals surface area contributed by atoms with Gasteiger partial charge >= 0.3 is 0 Å². The minimum absolute atomic E-state index is 0. The Morgan fingerprint density at radius 1 is 0.500 bits per heavy atom. The van der Waals surface area contributed by atoms with Gasteiger partial charge in [0, 0.05) is 46.5 Å². The molecule has 0 heterocycles. The first-order chi connectivity index (χ1) is 22.5. The zero-order chi connectivity index (χ0) is 36.0. The number of nitrogens with one attached hydrogen (secondary N) is 10. The second-order valence-corrected chi connectivity index (χ2v) is 10.1. The Morgan fingerprint density at radius 3 is 1.06 bits per heavy atom. The number of carbonyl (C=O) groups is 2. The predicted octanol–water partition coefficient (Wildman–Crippen LogP) is 2.09. The van der Waals surface area contributed by atoms with E-state index in [2.05, 4.69) is 52.7 Å². The molecule has 0 saturated carbocycles. The van der Waals surface area contributed by atoms with Crippen molar-refractivity contribution in [1.82, 2.24) is 21.7 Å². The highest BCUT2D eigenvalue weighted by atomic mass is 35.5. The number of Topliss-reactive ketones (excluding diaryl/α,β-unsaturated/α-hetero) is 2. The van der Waals surface area contributed by atoms with Crippen LogP contribution in [0.25, 0.3) is 0 Å². The largest absolute Gasteiger partial charge is 0.369 e. The first-order valence-electron chi connectivity index (χ1n) is 14.0. The Kier molecular flexibility index (Phi) is 23.8. The summed E-state index contributed by atoms with van der Waals surface area (Å²) in [6.07, 6.45) is 0.263. The summed E-state index contributed by atoms with van der Waals surface area (Å²) in [6, 6.07) is 9.86. The third-order valence-electron chi connectivity index (χ3n) is 6.00. The molecule has 0 spiro atoms. The van der Waals surface area contributed by atoms with Gasteiger partial charge in [0.05, 0.1) is 11.4 Å². The lowest BCUT2D eigenvalue weighted by atomic mass is 10.0. The van der Waals surface area contributed by atoms with Crippen molar-refractivity contribution >= 4 is 120 Å². The number of rotatable bonds is 13. The second kappa shape index (κ2) is 24.4. The highest BCUT2D eigenvalue weighted by Crippen LogP contribution is 2.20. The van der Waals surface area contributed by atoms with Crippen molar-refractivity contribution < 1.29 is 9.59 Å². The van der Waals surface area contributed by atoms with Crippen molar-refractivity contribution in [3.05, 3.63) is 58.7 Å². The molecule has 0 aliphatic rings. The van der Waals surface area contributed by atoms with Crippen LogP contribution < -0.4 is 55.3 Å². The molecule has 52 heavy (non-hydrogen) atoms. The third-order valence-corrected chi connectivity index (χ3v) is 6.00. The van der Waals surface area contributed by atoms with Crippen LogP contribution >= 0.6 is 49.6 Å². The van der Waals surface area contributed by atoms with Gasteiger partial charge in [-0.1, -0.05) is 0 Å². The summed E-state index contributed by atoms with van der Waals surface area (Å²) in [5.41, 5.74) is 34.9. The normalized spacial score (nSPS) is 11.1. The van der Waals surface area contributed by atoms with Gasteiger partial charge in [-0.05, 0) is 64.1 Å². The van der Waals surface area contributed by atoms with E-state index in [-0.39, 0.29) is 97.6 Å². The molecule has 20 nitrogen and oxygen atoms in total. The number of guanidine groups is 4. The Balaban J connectivity index is -0.00000600. The highest BCUT2D eigenvalue weighted by molar-refractivity contribution is 6.08. The van der Waals surface area contributed by atoms with Gasteiger partial charge in [0.15, 0.2) is 11.6 Å². The van der Waals surface area contributed by atoms with Crippen LogP contribution in [0.15, 0.2) is 56.8 Å². The fourth-order valence-corrected chi connectivity index (χ4v) is 3.76.